The van der Waals surface area contributed by atoms with Gasteiger partial charge in [-0.3, -0.25) is 9.69 Å². The normalized spacial score (nSPS) is 24.8. The van der Waals surface area contributed by atoms with E-state index >= 15 is 0 Å². The molecule has 2 aliphatic rings. The lowest BCUT2D eigenvalue weighted by molar-refractivity contribution is -0.124. The van der Waals surface area contributed by atoms with Gasteiger partial charge >= 0.3 is 0 Å². The van der Waals surface area contributed by atoms with Crippen molar-refractivity contribution in [1.29, 1.82) is 0 Å². The van der Waals surface area contributed by atoms with E-state index in [9.17, 15) is 4.79 Å². The second-order valence-corrected chi connectivity index (χ2v) is 6.91. The SMILES string of the molecule is O=C(NCC(c1cccs1)N1CCOCC1)C1CCCCN1. The molecule has 1 aromatic rings. The summed E-state index contributed by atoms with van der Waals surface area (Å²) in [6.45, 7) is 5.05. The maximum absolute atomic E-state index is 12.3. The van der Waals surface area contributed by atoms with Crippen LogP contribution in [0.1, 0.15) is 30.2 Å². The minimum Gasteiger partial charge on any atom is -0.379 e. The Labute approximate surface area is 136 Å². The summed E-state index contributed by atoms with van der Waals surface area (Å²) >= 11 is 1.76. The lowest BCUT2D eigenvalue weighted by Gasteiger charge is -2.34. The Morgan fingerprint density at radius 1 is 1.45 bits per heavy atom. The van der Waals surface area contributed by atoms with E-state index in [0.29, 0.717) is 6.54 Å². The number of hydrogen-bond donors (Lipinski definition) is 2. The van der Waals surface area contributed by atoms with Crippen molar-refractivity contribution in [1.82, 2.24) is 15.5 Å². The predicted octanol–water partition coefficient (Wildman–Crippen LogP) is 1.38. The summed E-state index contributed by atoms with van der Waals surface area (Å²) in [7, 11) is 0. The van der Waals surface area contributed by atoms with Gasteiger partial charge in [-0.05, 0) is 30.8 Å². The first-order valence-electron chi connectivity index (χ1n) is 8.21. The van der Waals surface area contributed by atoms with Gasteiger partial charge in [0.2, 0.25) is 5.91 Å². The largest absolute Gasteiger partial charge is 0.379 e. The van der Waals surface area contributed by atoms with Crippen LogP contribution in [0.2, 0.25) is 0 Å². The number of amides is 1. The molecular weight excluding hydrogens is 298 g/mol. The molecule has 0 aromatic carbocycles. The highest BCUT2D eigenvalue weighted by atomic mass is 32.1. The molecule has 2 aliphatic heterocycles. The van der Waals surface area contributed by atoms with Crippen LogP contribution in [0, 0.1) is 0 Å². The number of carbonyl (C=O) groups excluding carboxylic acids is 1. The maximum atomic E-state index is 12.3. The van der Waals surface area contributed by atoms with Crippen molar-refractivity contribution < 1.29 is 9.53 Å². The Balaban J connectivity index is 1.58. The van der Waals surface area contributed by atoms with Crippen molar-refractivity contribution in [2.24, 2.45) is 0 Å². The maximum Gasteiger partial charge on any atom is 0.237 e. The van der Waals surface area contributed by atoms with Crippen molar-refractivity contribution >= 4 is 17.2 Å². The van der Waals surface area contributed by atoms with E-state index in [1.165, 1.54) is 11.3 Å². The molecule has 0 spiro atoms. The molecule has 122 valence electrons. The van der Waals surface area contributed by atoms with Crippen LogP contribution < -0.4 is 10.6 Å². The van der Waals surface area contributed by atoms with E-state index in [4.69, 9.17) is 4.74 Å². The van der Waals surface area contributed by atoms with Gasteiger partial charge in [-0.2, -0.15) is 0 Å². The van der Waals surface area contributed by atoms with Crippen LogP contribution in [-0.4, -0.2) is 56.2 Å². The summed E-state index contributed by atoms with van der Waals surface area (Å²) in [5.74, 6) is 0.148. The molecule has 2 unspecified atom stereocenters. The first kappa shape index (κ1) is 15.9. The number of hydrogen-bond acceptors (Lipinski definition) is 5. The Morgan fingerprint density at radius 2 is 2.32 bits per heavy atom. The van der Waals surface area contributed by atoms with Gasteiger partial charge in [-0.15, -0.1) is 11.3 Å². The topological polar surface area (TPSA) is 53.6 Å². The summed E-state index contributed by atoms with van der Waals surface area (Å²) in [6.07, 6.45) is 3.27. The number of rotatable bonds is 5. The zero-order valence-corrected chi connectivity index (χ0v) is 13.7. The van der Waals surface area contributed by atoms with Gasteiger partial charge in [0, 0.05) is 24.5 Å². The highest BCUT2D eigenvalue weighted by Crippen LogP contribution is 2.25. The summed E-state index contributed by atoms with van der Waals surface area (Å²) in [5, 5.41) is 8.58. The van der Waals surface area contributed by atoms with Gasteiger partial charge in [0.15, 0.2) is 0 Å². The van der Waals surface area contributed by atoms with Crippen LogP contribution in [0.3, 0.4) is 0 Å². The van der Waals surface area contributed by atoms with Gasteiger partial charge in [0.25, 0.3) is 0 Å². The molecule has 1 amide bonds. The average Bonchev–Trinajstić information content (AvgIpc) is 3.11. The highest BCUT2D eigenvalue weighted by molar-refractivity contribution is 7.10. The molecule has 0 saturated carbocycles. The highest BCUT2D eigenvalue weighted by Gasteiger charge is 2.26. The molecule has 3 heterocycles. The Morgan fingerprint density at radius 3 is 3.00 bits per heavy atom. The Hall–Kier alpha value is -0.950. The molecule has 0 bridgehead atoms. The molecule has 2 fully saturated rings. The van der Waals surface area contributed by atoms with E-state index in [0.717, 1.165) is 45.7 Å². The molecule has 3 rings (SSSR count). The van der Waals surface area contributed by atoms with Gasteiger partial charge in [-0.25, -0.2) is 0 Å². The Kier molecular flexibility index (Phi) is 5.83. The van der Waals surface area contributed by atoms with Crippen LogP contribution in [0.25, 0.3) is 0 Å². The van der Waals surface area contributed by atoms with Gasteiger partial charge in [0.05, 0.1) is 25.3 Å². The zero-order chi connectivity index (χ0) is 15.2. The van der Waals surface area contributed by atoms with E-state index < -0.39 is 0 Å². The number of carbonyl (C=O) groups is 1. The second kappa shape index (κ2) is 8.06. The molecular formula is C16H25N3O2S. The summed E-state index contributed by atoms with van der Waals surface area (Å²) in [6, 6.07) is 4.49. The molecule has 0 aliphatic carbocycles. The van der Waals surface area contributed by atoms with Gasteiger partial charge < -0.3 is 15.4 Å². The van der Waals surface area contributed by atoms with Crippen molar-refractivity contribution in [3.8, 4) is 0 Å². The molecule has 22 heavy (non-hydrogen) atoms. The first-order chi connectivity index (χ1) is 10.8. The van der Waals surface area contributed by atoms with Crippen LogP contribution in [0.15, 0.2) is 17.5 Å². The van der Waals surface area contributed by atoms with Gasteiger partial charge in [0.1, 0.15) is 0 Å². The van der Waals surface area contributed by atoms with Crippen LogP contribution in [0.5, 0.6) is 0 Å². The molecule has 5 nitrogen and oxygen atoms in total. The third kappa shape index (κ3) is 4.07. The van der Waals surface area contributed by atoms with Crippen LogP contribution in [0.4, 0.5) is 0 Å². The minimum atomic E-state index is -0.0116. The molecule has 2 N–H and O–H groups in total. The smallest absolute Gasteiger partial charge is 0.237 e. The summed E-state index contributed by atoms with van der Waals surface area (Å²) < 4.78 is 5.45. The fourth-order valence-electron chi connectivity index (χ4n) is 3.18. The van der Waals surface area contributed by atoms with E-state index in [1.807, 2.05) is 0 Å². The number of nitrogens with one attached hydrogen (secondary N) is 2. The van der Waals surface area contributed by atoms with Crippen LogP contribution >= 0.6 is 11.3 Å². The molecule has 2 atom stereocenters. The number of morpholine rings is 1. The summed E-state index contributed by atoms with van der Waals surface area (Å²) in [5.41, 5.74) is 0. The molecule has 2 saturated heterocycles. The minimum absolute atomic E-state index is 0.0116. The third-order valence-corrected chi connectivity index (χ3v) is 5.43. The molecule has 0 radical (unpaired) electrons. The first-order valence-corrected chi connectivity index (χ1v) is 9.09. The Bertz CT molecular complexity index is 454. The van der Waals surface area contributed by atoms with Crippen LogP contribution in [-0.2, 0) is 9.53 Å². The summed E-state index contributed by atoms with van der Waals surface area (Å²) in [4.78, 5) is 16.1. The fraction of sp³-hybridized carbons (Fsp3) is 0.688. The molecule has 6 heteroatoms. The third-order valence-electron chi connectivity index (χ3n) is 4.45. The van der Waals surface area contributed by atoms with E-state index in [2.05, 4.69) is 33.0 Å². The number of piperidine rings is 1. The van der Waals surface area contributed by atoms with Crippen molar-refractivity contribution in [3.05, 3.63) is 22.4 Å². The average molecular weight is 323 g/mol. The zero-order valence-electron chi connectivity index (χ0n) is 12.9. The standard InChI is InChI=1S/C16H25N3O2S/c20-16(13-4-1-2-6-17-13)18-12-14(15-5-3-11-22-15)19-7-9-21-10-8-19/h3,5,11,13-14,17H,1-2,4,6-10,12H2,(H,18,20). The van der Waals surface area contributed by atoms with Crippen molar-refractivity contribution in [3.63, 3.8) is 0 Å². The van der Waals surface area contributed by atoms with E-state index in [1.54, 1.807) is 11.3 Å². The lowest BCUT2D eigenvalue weighted by Crippen LogP contribution is -2.49. The fourth-order valence-corrected chi connectivity index (χ4v) is 4.04. The van der Waals surface area contributed by atoms with Crippen molar-refractivity contribution in [2.45, 2.75) is 31.3 Å². The number of thiophene rings is 1. The quantitative estimate of drug-likeness (QED) is 0.860. The second-order valence-electron chi connectivity index (χ2n) is 5.93. The monoisotopic (exact) mass is 323 g/mol. The van der Waals surface area contributed by atoms with Gasteiger partial charge in [-0.1, -0.05) is 12.5 Å². The number of nitrogens with zero attached hydrogens (tertiary/aromatic N) is 1. The lowest BCUT2D eigenvalue weighted by atomic mass is 10.0. The number of ether oxygens (including phenoxy) is 1. The molecule has 1 aromatic heterocycles. The predicted molar refractivity (Wildman–Crippen MR) is 88.1 cm³/mol. The van der Waals surface area contributed by atoms with Crippen molar-refractivity contribution in [2.75, 3.05) is 39.4 Å². The van der Waals surface area contributed by atoms with E-state index in [-0.39, 0.29) is 18.0 Å².